The van der Waals surface area contributed by atoms with E-state index in [4.69, 9.17) is 18.0 Å². The third-order valence-corrected chi connectivity index (χ3v) is 3.51. The van der Waals surface area contributed by atoms with E-state index < -0.39 is 22.7 Å². The van der Waals surface area contributed by atoms with Crippen LogP contribution < -0.4 is 5.32 Å². The Labute approximate surface area is 136 Å². The number of hydrogen-bond acceptors (Lipinski definition) is 1. The molecule has 0 saturated carbocycles. The summed E-state index contributed by atoms with van der Waals surface area (Å²) < 4.78 is 38.4. The van der Waals surface area contributed by atoms with Gasteiger partial charge in [-0.05, 0) is 42.8 Å². The maximum Gasteiger partial charge on any atom is 0.417 e. The highest BCUT2D eigenvalue weighted by atomic mass is 35.5. The number of alkyl halides is 3. The van der Waals surface area contributed by atoms with E-state index >= 15 is 0 Å². The number of nitrogens with one attached hydrogen (secondary N) is 1. The van der Waals surface area contributed by atoms with E-state index in [0.717, 1.165) is 17.7 Å². The molecule has 118 valence electrons. The Kier molecular flexibility index (Phi) is 4.67. The second-order valence-electron chi connectivity index (χ2n) is 4.82. The first-order valence-corrected chi connectivity index (χ1v) is 6.85. The summed E-state index contributed by atoms with van der Waals surface area (Å²) in [6, 6.07) is 7.90. The molecule has 1 amide bonds. The SMILES string of the molecule is C#Cc1cc(C(=O)Nc2ccc(Cl)c(C(F)(F)F)c2)ccc1C. The summed E-state index contributed by atoms with van der Waals surface area (Å²) in [6.07, 6.45) is 0.736. The number of amides is 1. The molecule has 6 heteroatoms. The van der Waals surface area contributed by atoms with Crippen molar-refractivity contribution >= 4 is 23.2 Å². The normalized spacial score (nSPS) is 11.0. The lowest BCUT2D eigenvalue weighted by Gasteiger charge is -2.12. The van der Waals surface area contributed by atoms with Gasteiger partial charge in [0.1, 0.15) is 0 Å². The zero-order chi connectivity index (χ0) is 17.2. The van der Waals surface area contributed by atoms with Crippen molar-refractivity contribution in [2.45, 2.75) is 13.1 Å². The molecule has 2 nitrogen and oxygen atoms in total. The van der Waals surface area contributed by atoms with E-state index in [1.54, 1.807) is 19.1 Å². The predicted octanol–water partition coefficient (Wildman–Crippen LogP) is 4.90. The summed E-state index contributed by atoms with van der Waals surface area (Å²) >= 11 is 5.54. The third kappa shape index (κ3) is 3.85. The first-order chi connectivity index (χ1) is 10.7. The van der Waals surface area contributed by atoms with Gasteiger partial charge in [0.05, 0.1) is 10.6 Å². The van der Waals surface area contributed by atoms with Crippen LogP contribution in [-0.2, 0) is 6.18 Å². The Hall–Kier alpha value is -2.45. The number of carbonyl (C=O) groups excluding carboxylic acids is 1. The van der Waals surface area contributed by atoms with Crippen LogP contribution in [0.4, 0.5) is 18.9 Å². The number of aryl methyl sites for hydroxylation is 1. The fraction of sp³-hybridized carbons (Fsp3) is 0.118. The van der Waals surface area contributed by atoms with Crippen LogP contribution >= 0.6 is 11.6 Å². The monoisotopic (exact) mass is 337 g/mol. The summed E-state index contributed by atoms with van der Waals surface area (Å²) in [4.78, 5) is 12.1. The van der Waals surface area contributed by atoms with Crippen LogP contribution in [0.5, 0.6) is 0 Å². The molecule has 0 spiro atoms. The van der Waals surface area contributed by atoms with E-state index in [0.29, 0.717) is 5.56 Å². The van der Waals surface area contributed by atoms with E-state index in [-0.39, 0.29) is 11.3 Å². The van der Waals surface area contributed by atoms with Crippen molar-refractivity contribution in [1.29, 1.82) is 0 Å². The molecule has 2 rings (SSSR count). The summed E-state index contributed by atoms with van der Waals surface area (Å²) in [7, 11) is 0. The molecule has 0 aliphatic carbocycles. The van der Waals surface area contributed by atoms with Crippen LogP contribution in [0.1, 0.15) is 27.0 Å². The van der Waals surface area contributed by atoms with Crippen molar-refractivity contribution in [2.24, 2.45) is 0 Å². The van der Waals surface area contributed by atoms with Crippen molar-refractivity contribution in [3.63, 3.8) is 0 Å². The zero-order valence-electron chi connectivity index (χ0n) is 12.0. The highest BCUT2D eigenvalue weighted by Crippen LogP contribution is 2.36. The number of carbonyl (C=O) groups is 1. The topological polar surface area (TPSA) is 29.1 Å². The molecule has 2 aromatic carbocycles. The van der Waals surface area contributed by atoms with Crippen molar-refractivity contribution in [3.8, 4) is 12.3 Å². The number of benzene rings is 2. The minimum absolute atomic E-state index is 0.00504. The lowest BCUT2D eigenvalue weighted by atomic mass is 10.0. The fourth-order valence-corrected chi connectivity index (χ4v) is 2.17. The van der Waals surface area contributed by atoms with Gasteiger partial charge in [0.25, 0.3) is 5.91 Å². The van der Waals surface area contributed by atoms with Gasteiger partial charge in [-0.25, -0.2) is 0 Å². The minimum Gasteiger partial charge on any atom is -0.322 e. The predicted molar refractivity (Wildman–Crippen MR) is 83.5 cm³/mol. The standard InChI is InChI=1S/C17H11ClF3NO/c1-3-11-8-12(5-4-10(11)2)16(23)22-13-6-7-15(18)14(9-13)17(19,20)21/h1,4-9H,2H3,(H,22,23). The summed E-state index contributed by atoms with van der Waals surface area (Å²) in [5.41, 5.74) is 0.617. The number of rotatable bonds is 2. The molecule has 0 saturated heterocycles. The first-order valence-electron chi connectivity index (χ1n) is 6.47. The molecule has 2 aromatic rings. The van der Waals surface area contributed by atoms with Crippen LogP contribution in [0.2, 0.25) is 5.02 Å². The van der Waals surface area contributed by atoms with Gasteiger partial charge >= 0.3 is 6.18 Å². The highest BCUT2D eigenvalue weighted by molar-refractivity contribution is 6.31. The molecular weight excluding hydrogens is 327 g/mol. The van der Waals surface area contributed by atoms with E-state index in [9.17, 15) is 18.0 Å². The Morgan fingerprint density at radius 2 is 1.91 bits per heavy atom. The Morgan fingerprint density at radius 1 is 1.22 bits per heavy atom. The average molecular weight is 338 g/mol. The van der Waals surface area contributed by atoms with Crippen LogP contribution in [0, 0.1) is 19.3 Å². The van der Waals surface area contributed by atoms with Gasteiger partial charge in [0.15, 0.2) is 0 Å². The van der Waals surface area contributed by atoms with Crippen molar-refractivity contribution in [2.75, 3.05) is 5.32 Å². The van der Waals surface area contributed by atoms with Crippen molar-refractivity contribution < 1.29 is 18.0 Å². The van der Waals surface area contributed by atoms with Gasteiger partial charge in [-0.1, -0.05) is 23.6 Å². The lowest BCUT2D eigenvalue weighted by Crippen LogP contribution is -2.13. The fourth-order valence-electron chi connectivity index (χ4n) is 1.94. The molecule has 0 unspecified atom stereocenters. The Bertz CT molecular complexity index is 806. The average Bonchev–Trinajstić information content (AvgIpc) is 2.48. The van der Waals surface area contributed by atoms with Crippen LogP contribution in [0.15, 0.2) is 36.4 Å². The van der Waals surface area contributed by atoms with Crippen LogP contribution in [0.3, 0.4) is 0 Å². The number of halogens is 4. The molecule has 0 radical (unpaired) electrons. The molecule has 0 aromatic heterocycles. The van der Waals surface area contributed by atoms with E-state index in [1.165, 1.54) is 12.1 Å². The zero-order valence-corrected chi connectivity index (χ0v) is 12.7. The smallest absolute Gasteiger partial charge is 0.322 e. The Morgan fingerprint density at radius 3 is 2.52 bits per heavy atom. The molecule has 0 heterocycles. The van der Waals surface area contributed by atoms with E-state index in [1.807, 2.05) is 0 Å². The molecule has 0 aliphatic heterocycles. The van der Waals surface area contributed by atoms with Gasteiger partial charge in [-0.2, -0.15) is 13.2 Å². The van der Waals surface area contributed by atoms with Gasteiger partial charge in [0.2, 0.25) is 0 Å². The number of anilines is 1. The maximum atomic E-state index is 12.8. The van der Waals surface area contributed by atoms with Gasteiger partial charge in [0, 0.05) is 16.8 Å². The lowest BCUT2D eigenvalue weighted by molar-refractivity contribution is -0.137. The first kappa shape index (κ1) is 16.9. The molecule has 0 atom stereocenters. The summed E-state index contributed by atoms with van der Waals surface area (Å²) in [5, 5.41) is 1.97. The summed E-state index contributed by atoms with van der Waals surface area (Å²) in [5.74, 6) is 1.89. The second-order valence-corrected chi connectivity index (χ2v) is 5.23. The van der Waals surface area contributed by atoms with Gasteiger partial charge in [-0.3, -0.25) is 4.79 Å². The van der Waals surface area contributed by atoms with Crippen molar-refractivity contribution in [3.05, 3.63) is 63.7 Å². The van der Waals surface area contributed by atoms with Crippen LogP contribution in [-0.4, -0.2) is 5.91 Å². The van der Waals surface area contributed by atoms with Crippen molar-refractivity contribution in [1.82, 2.24) is 0 Å². The van der Waals surface area contributed by atoms with Crippen LogP contribution in [0.25, 0.3) is 0 Å². The second kappa shape index (κ2) is 6.35. The molecule has 0 fully saturated rings. The largest absolute Gasteiger partial charge is 0.417 e. The molecule has 0 bridgehead atoms. The molecule has 1 N–H and O–H groups in total. The molecule has 23 heavy (non-hydrogen) atoms. The van der Waals surface area contributed by atoms with Gasteiger partial charge in [-0.15, -0.1) is 6.42 Å². The third-order valence-electron chi connectivity index (χ3n) is 3.18. The summed E-state index contributed by atoms with van der Waals surface area (Å²) in [6.45, 7) is 1.80. The minimum atomic E-state index is -4.60. The van der Waals surface area contributed by atoms with Gasteiger partial charge < -0.3 is 5.32 Å². The molecular formula is C17H11ClF3NO. The maximum absolute atomic E-state index is 12.8. The number of hydrogen-bond donors (Lipinski definition) is 1. The number of terminal acetylenes is 1. The highest BCUT2D eigenvalue weighted by Gasteiger charge is 2.33. The molecule has 0 aliphatic rings. The quantitative estimate of drug-likeness (QED) is 0.776. The Balaban J connectivity index is 2.29. The van der Waals surface area contributed by atoms with E-state index in [2.05, 4.69) is 11.2 Å².